The molecular weight excluding hydrogens is 347 g/mol. The summed E-state index contributed by atoms with van der Waals surface area (Å²) in [5.74, 6) is -0.902. The third kappa shape index (κ3) is 4.30. The van der Waals surface area contributed by atoms with Gasteiger partial charge in [-0.05, 0) is 29.8 Å². The highest BCUT2D eigenvalue weighted by atomic mass is 35.5. The van der Waals surface area contributed by atoms with Crippen molar-refractivity contribution < 1.29 is 14.3 Å². The minimum Gasteiger partial charge on any atom is -0.465 e. The summed E-state index contributed by atoms with van der Waals surface area (Å²) >= 11 is 12.9. The fourth-order valence-electron chi connectivity index (χ4n) is 1.48. The highest BCUT2D eigenvalue weighted by Gasteiger charge is 2.11. The molecule has 2 aromatic rings. The van der Waals surface area contributed by atoms with Gasteiger partial charge in [0.15, 0.2) is 5.13 Å². The SMILES string of the molecule is COC(=O)c1cnc(NC(=O)/C=C/c2cc(Cl)ccc2Cl)s1. The van der Waals surface area contributed by atoms with Crippen LogP contribution in [0.1, 0.15) is 15.2 Å². The molecule has 1 N–H and O–H groups in total. The first-order valence-corrected chi connectivity index (χ1v) is 7.55. The number of hydrogen-bond acceptors (Lipinski definition) is 5. The fourth-order valence-corrected chi connectivity index (χ4v) is 2.58. The second-order valence-corrected chi connectivity index (χ2v) is 5.88. The summed E-state index contributed by atoms with van der Waals surface area (Å²) in [4.78, 5) is 27.3. The molecule has 0 bridgehead atoms. The lowest BCUT2D eigenvalue weighted by Gasteiger charge is -1.99. The molecule has 1 heterocycles. The van der Waals surface area contributed by atoms with E-state index in [1.165, 1.54) is 19.4 Å². The van der Waals surface area contributed by atoms with Gasteiger partial charge in [0.1, 0.15) is 4.88 Å². The maximum Gasteiger partial charge on any atom is 0.349 e. The van der Waals surface area contributed by atoms with Crippen LogP contribution in [-0.4, -0.2) is 24.0 Å². The average Bonchev–Trinajstić information content (AvgIpc) is 2.95. The van der Waals surface area contributed by atoms with E-state index in [1.807, 2.05) is 0 Å². The Morgan fingerprint density at radius 2 is 2.14 bits per heavy atom. The zero-order chi connectivity index (χ0) is 16.1. The number of esters is 1. The molecule has 0 aliphatic heterocycles. The first-order valence-electron chi connectivity index (χ1n) is 5.98. The van der Waals surface area contributed by atoms with Gasteiger partial charge >= 0.3 is 5.97 Å². The van der Waals surface area contributed by atoms with Crippen LogP contribution in [0.2, 0.25) is 10.0 Å². The Kier molecular flexibility index (Phi) is 5.54. The second-order valence-electron chi connectivity index (χ2n) is 4.01. The predicted octanol–water partition coefficient (Wildman–Crippen LogP) is 3.89. The van der Waals surface area contributed by atoms with Crippen LogP contribution in [0.3, 0.4) is 0 Å². The Hall–Kier alpha value is -1.89. The van der Waals surface area contributed by atoms with E-state index in [4.69, 9.17) is 23.2 Å². The van der Waals surface area contributed by atoms with Crippen molar-refractivity contribution in [3.05, 3.63) is 51.0 Å². The normalized spacial score (nSPS) is 10.7. The number of nitrogens with zero attached hydrogens (tertiary/aromatic N) is 1. The Morgan fingerprint density at radius 3 is 2.86 bits per heavy atom. The molecule has 0 unspecified atom stereocenters. The van der Waals surface area contributed by atoms with Gasteiger partial charge < -0.3 is 4.74 Å². The molecular formula is C14H10Cl2N2O3S. The van der Waals surface area contributed by atoms with E-state index < -0.39 is 11.9 Å². The van der Waals surface area contributed by atoms with E-state index in [-0.39, 0.29) is 0 Å². The number of methoxy groups -OCH3 is 1. The lowest BCUT2D eigenvalue weighted by Crippen LogP contribution is -2.07. The third-order valence-electron chi connectivity index (χ3n) is 2.49. The van der Waals surface area contributed by atoms with Crippen molar-refractivity contribution >= 4 is 57.6 Å². The van der Waals surface area contributed by atoms with E-state index in [0.29, 0.717) is 25.6 Å². The summed E-state index contributed by atoms with van der Waals surface area (Å²) in [6.07, 6.45) is 4.18. The van der Waals surface area contributed by atoms with Gasteiger partial charge in [0.2, 0.25) is 5.91 Å². The molecule has 22 heavy (non-hydrogen) atoms. The monoisotopic (exact) mass is 356 g/mol. The number of carbonyl (C=O) groups excluding carboxylic acids is 2. The van der Waals surface area contributed by atoms with Gasteiger partial charge in [-0.1, -0.05) is 34.5 Å². The van der Waals surface area contributed by atoms with Crippen molar-refractivity contribution in [2.75, 3.05) is 12.4 Å². The zero-order valence-electron chi connectivity index (χ0n) is 11.3. The minimum absolute atomic E-state index is 0.298. The van der Waals surface area contributed by atoms with Crippen LogP contribution in [0.4, 0.5) is 5.13 Å². The second kappa shape index (κ2) is 7.40. The summed E-state index contributed by atoms with van der Waals surface area (Å²) in [5, 5.41) is 3.84. The Balaban J connectivity index is 2.03. The number of anilines is 1. The molecule has 0 spiro atoms. The smallest absolute Gasteiger partial charge is 0.349 e. The van der Waals surface area contributed by atoms with Crippen LogP contribution >= 0.6 is 34.5 Å². The van der Waals surface area contributed by atoms with Gasteiger partial charge in [-0.3, -0.25) is 10.1 Å². The molecule has 1 aromatic carbocycles. The number of benzene rings is 1. The Morgan fingerprint density at radius 1 is 1.36 bits per heavy atom. The molecule has 1 amide bonds. The predicted molar refractivity (Wildman–Crippen MR) is 87.6 cm³/mol. The van der Waals surface area contributed by atoms with Crippen LogP contribution in [-0.2, 0) is 9.53 Å². The zero-order valence-corrected chi connectivity index (χ0v) is 13.6. The number of hydrogen-bond donors (Lipinski definition) is 1. The van der Waals surface area contributed by atoms with E-state index in [2.05, 4.69) is 15.0 Å². The summed E-state index contributed by atoms with van der Waals surface area (Å²) in [5.41, 5.74) is 0.624. The molecule has 0 radical (unpaired) electrons. The highest BCUT2D eigenvalue weighted by molar-refractivity contribution is 7.17. The van der Waals surface area contributed by atoms with Gasteiger partial charge in [0, 0.05) is 16.1 Å². The van der Waals surface area contributed by atoms with Crippen molar-refractivity contribution in [3.8, 4) is 0 Å². The number of amides is 1. The largest absolute Gasteiger partial charge is 0.465 e. The van der Waals surface area contributed by atoms with Crippen molar-refractivity contribution in [2.24, 2.45) is 0 Å². The molecule has 0 aliphatic carbocycles. The Labute approximate surface area is 140 Å². The maximum absolute atomic E-state index is 11.8. The van der Waals surface area contributed by atoms with Crippen molar-refractivity contribution in [1.82, 2.24) is 4.98 Å². The number of aromatic nitrogens is 1. The van der Waals surface area contributed by atoms with Crippen LogP contribution in [0.5, 0.6) is 0 Å². The number of thiazole rings is 1. The van der Waals surface area contributed by atoms with Crippen LogP contribution in [0.15, 0.2) is 30.5 Å². The van der Waals surface area contributed by atoms with Crippen molar-refractivity contribution in [3.63, 3.8) is 0 Å². The minimum atomic E-state index is -0.501. The summed E-state index contributed by atoms with van der Waals surface area (Å²) in [6, 6.07) is 4.95. The fraction of sp³-hybridized carbons (Fsp3) is 0.0714. The summed E-state index contributed by atoms with van der Waals surface area (Å²) in [6.45, 7) is 0. The standard InChI is InChI=1S/C14H10Cl2N2O3S/c1-21-13(20)11-7-17-14(22-11)18-12(19)5-2-8-6-9(15)3-4-10(8)16/h2-7H,1H3,(H,17,18,19)/b5-2+. The number of carbonyl (C=O) groups is 2. The van der Waals surface area contributed by atoms with Gasteiger partial charge in [-0.15, -0.1) is 0 Å². The highest BCUT2D eigenvalue weighted by Crippen LogP contribution is 2.22. The lowest BCUT2D eigenvalue weighted by atomic mass is 10.2. The van der Waals surface area contributed by atoms with Gasteiger partial charge in [-0.2, -0.15) is 0 Å². The van der Waals surface area contributed by atoms with Crippen molar-refractivity contribution in [1.29, 1.82) is 0 Å². The van der Waals surface area contributed by atoms with Crippen LogP contribution < -0.4 is 5.32 Å². The molecule has 1 aromatic heterocycles. The number of rotatable bonds is 4. The topological polar surface area (TPSA) is 68.3 Å². The summed E-state index contributed by atoms with van der Waals surface area (Å²) < 4.78 is 4.56. The van der Waals surface area contributed by atoms with E-state index >= 15 is 0 Å². The van der Waals surface area contributed by atoms with Gasteiger partial charge in [0.05, 0.1) is 13.3 Å². The third-order valence-corrected chi connectivity index (χ3v) is 3.97. The number of ether oxygens (including phenoxy) is 1. The molecule has 114 valence electrons. The van der Waals surface area contributed by atoms with Crippen LogP contribution in [0, 0.1) is 0 Å². The number of halogens is 2. The van der Waals surface area contributed by atoms with Crippen molar-refractivity contribution in [2.45, 2.75) is 0 Å². The first kappa shape index (κ1) is 16.5. The number of nitrogens with one attached hydrogen (secondary N) is 1. The first-order chi connectivity index (χ1) is 10.5. The molecule has 0 atom stereocenters. The Bertz CT molecular complexity index is 743. The molecule has 0 saturated heterocycles. The lowest BCUT2D eigenvalue weighted by molar-refractivity contribution is -0.111. The van der Waals surface area contributed by atoms with E-state index in [9.17, 15) is 9.59 Å². The average molecular weight is 357 g/mol. The summed E-state index contributed by atoms with van der Waals surface area (Å²) in [7, 11) is 1.28. The van der Waals surface area contributed by atoms with Gasteiger partial charge in [-0.25, -0.2) is 9.78 Å². The van der Waals surface area contributed by atoms with Crippen LogP contribution in [0.25, 0.3) is 6.08 Å². The van der Waals surface area contributed by atoms with E-state index in [0.717, 1.165) is 11.3 Å². The molecule has 2 rings (SSSR count). The molecule has 8 heteroatoms. The quantitative estimate of drug-likeness (QED) is 0.666. The van der Waals surface area contributed by atoms with Gasteiger partial charge in [0.25, 0.3) is 0 Å². The maximum atomic E-state index is 11.8. The molecule has 0 saturated carbocycles. The molecule has 0 aliphatic rings. The molecule has 0 fully saturated rings. The van der Waals surface area contributed by atoms with E-state index in [1.54, 1.807) is 24.3 Å². The molecule has 5 nitrogen and oxygen atoms in total.